The first-order chi connectivity index (χ1) is 8.58. The minimum atomic E-state index is -0.554. The lowest BCUT2D eigenvalue weighted by Gasteiger charge is -2.02. The summed E-state index contributed by atoms with van der Waals surface area (Å²) in [6.07, 6.45) is 3.01. The first-order valence-corrected chi connectivity index (χ1v) is 5.59. The van der Waals surface area contributed by atoms with E-state index in [1.165, 1.54) is 25.4 Å². The van der Waals surface area contributed by atoms with Crippen molar-refractivity contribution in [1.29, 1.82) is 0 Å². The molecule has 0 unspecified atom stereocenters. The molecule has 2 rings (SSSR count). The van der Waals surface area contributed by atoms with Gasteiger partial charge in [-0.15, -0.1) is 0 Å². The first kappa shape index (κ1) is 12.4. The third-order valence-corrected chi connectivity index (χ3v) is 2.63. The molecule has 0 atom stereocenters. The second-order valence-corrected chi connectivity index (χ2v) is 4.03. The van der Waals surface area contributed by atoms with Crippen LogP contribution in [-0.4, -0.2) is 21.0 Å². The normalized spacial score (nSPS) is 10.1. The Hall–Kier alpha value is -2.07. The van der Waals surface area contributed by atoms with Crippen LogP contribution in [0.5, 0.6) is 0 Å². The van der Waals surface area contributed by atoms with Crippen LogP contribution in [0.25, 0.3) is 11.4 Å². The minimum absolute atomic E-state index is 0.0526. The van der Waals surface area contributed by atoms with Gasteiger partial charge in [-0.1, -0.05) is 0 Å². The van der Waals surface area contributed by atoms with Crippen molar-refractivity contribution >= 4 is 22.6 Å². The number of carbonyl (C=O) groups is 2. The fourth-order valence-corrected chi connectivity index (χ4v) is 1.60. The average Bonchev–Trinajstić information content (AvgIpc) is 2.39. The molecule has 0 aliphatic heterocycles. The number of rotatable bonds is 3. The van der Waals surface area contributed by atoms with Gasteiger partial charge >= 0.3 is 0 Å². The maximum Gasteiger partial charge on any atom is 0.252 e. The quantitative estimate of drug-likeness (QED) is 0.629. The van der Waals surface area contributed by atoms with Crippen LogP contribution in [0.1, 0.15) is 27.6 Å². The summed E-state index contributed by atoms with van der Waals surface area (Å²) in [5, 5.41) is -0.554. The Morgan fingerprint density at radius 2 is 1.50 bits per heavy atom. The van der Waals surface area contributed by atoms with Gasteiger partial charge in [-0.25, -0.2) is 0 Å². The molecule has 0 saturated carbocycles. The fourth-order valence-electron chi connectivity index (χ4n) is 1.48. The number of aromatic nitrogens is 2. The zero-order valence-corrected chi connectivity index (χ0v) is 10.3. The van der Waals surface area contributed by atoms with Crippen molar-refractivity contribution in [2.24, 2.45) is 0 Å². The second kappa shape index (κ2) is 5.06. The highest BCUT2D eigenvalue weighted by Crippen LogP contribution is 2.17. The SMILES string of the molecule is CC(=O)c1ccnc(-c2cc(C(=O)Cl)ccn2)c1. The molecule has 2 heterocycles. The number of halogens is 1. The summed E-state index contributed by atoms with van der Waals surface area (Å²) in [6.45, 7) is 1.48. The third kappa shape index (κ3) is 2.60. The lowest BCUT2D eigenvalue weighted by atomic mass is 10.1. The van der Waals surface area contributed by atoms with Gasteiger partial charge in [0.15, 0.2) is 5.78 Å². The summed E-state index contributed by atoms with van der Waals surface area (Å²) in [7, 11) is 0. The highest BCUT2D eigenvalue weighted by atomic mass is 35.5. The molecule has 0 bridgehead atoms. The van der Waals surface area contributed by atoms with Gasteiger partial charge in [0.1, 0.15) is 0 Å². The van der Waals surface area contributed by atoms with Crippen molar-refractivity contribution in [1.82, 2.24) is 9.97 Å². The van der Waals surface area contributed by atoms with E-state index >= 15 is 0 Å². The molecule has 0 saturated heterocycles. The van der Waals surface area contributed by atoms with E-state index in [1.807, 2.05) is 0 Å². The number of pyridine rings is 2. The molecule has 4 nitrogen and oxygen atoms in total. The largest absolute Gasteiger partial charge is 0.295 e. The van der Waals surface area contributed by atoms with Crippen LogP contribution in [0.4, 0.5) is 0 Å². The summed E-state index contributed by atoms with van der Waals surface area (Å²) in [5.41, 5.74) is 1.92. The van der Waals surface area contributed by atoms with Gasteiger partial charge in [0, 0.05) is 23.5 Å². The molecule has 0 aromatic carbocycles. The Bertz CT molecular complexity index is 570. The number of hydrogen-bond donors (Lipinski definition) is 0. The fraction of sp³-hybridized carbons (Fsp3) is 0.0769. The van der Waals surface area contributed by atoms with Crippen molar-refractivity contribution in [2.75, 3.05) is 0 Å². The summed E-state index contributed by atoms with van der Waals surface area (Å²) in [4.78, 5) is 30.6. The van der Waals surface area contributed by atoms with Gasteiger partial charge in [-0.3, -0.25) is 19.6 Å². The maximum atomic E-state index is 11.3. The molecule has 0 spiro atoms. The van der Waals surface area contributed by atoms with Crippen LogP contribution in [0, 0.1) is 0 Å². The van der Waals surface area contributed by atoms with E-state index in [-0.39, 0.29) is 5.78 Å². The summed E-state index contributed by atoms with van der Waals surface area (Å²) in [5.74, 6) is -0.0526. The van der Waals surface area contributed by atoms with Gasteiger partial charge in [0.05, 0.1) is 11.4 Å². The Balaban J connectivity index is 2.48. The molecule has 0 N–H and O–H groups in total. The first-order valence-electron chi connectivity index (χ1n) is 5.21. The van der Waals surface area contributed by atoms with Crippen molar-refractivity contribution in [2.45, 2.75) is 6.92 Å². The number of ketones is 1. The summed E-state index contributed by atoms with van der Waals surface area (Å²) >= 11 is 5.40. The van der Waals surface area contributed by atoms with E-state index in [1.54, 1.807) is 18.2 Å². The predicted octanol–water partition coefficient (Wildman–Crippen LogP) is 2.73. The van der Waals surface area contributed by atoms with E-state index in [4.69, 9.17) is 11.6 Å². The van der Waals surface area contributed by atoms with Gasteiger partial charge < -0.3 is 0 Å². The van der Waals surface area contributed by atoms with Crippen LogP contribution in [0.15, 0.2) is 36.7 Å². The average molecular weight is 261 g/mol. The monoisotopic (exact) mass is 260 g/mol. The van der Waals surface area contributed by atoms with E-state index in [2.05, 4.69) is 9.97 Å². The molecule has 0 aliphatic rings. The van der Waals surface area contributed by atoms with E-state index in [0.29, 0.717) is 22.5 Å². The highest BCUT2D eigenvalue weighted by molar-refractivity contribution is 6.67. The van der Waals surface area contributed by atoms with Gasteiger partial charge in [-0.05, 0) is 42.8 Å². The van der Waals surface area contributed by atoms with Crippen molar-refractivity contribution in [3.63, 3.8) is 0 Å². The summed E-state index contributed by atoms with van der Waals surface area (Å²) < 4.78 is 0. The molecule has 0 amide bonds. The van der Waals surface area contributed by atoms with E-state index in [9.17, 15) is 9.59 Å². The van der Waals surface area contributed by atoms with Crippen LogP contribution in [0.2, 0.25) is 0 Å². The predicted molar refractivity (Wildman–Crippen MR) is 67.7 cm³/mol. The van der Waals surface area contributed by atoms with Crippen LogP contribution in [-0.2, 0) is 0 Å². The molecule has 18 heavy (non-hydrogen) atoms. The number of hydrogen-bond acceptors (Lipinski definition) is 4. The Morgan fingerprint density at radius 1 is 1.00 bits per heavy atom. The molecular weight excluding hydrogens is 252 g/mol. The molecule has 0 radical (unpaired) electrons. The van der Waals surface area contributed by atoms with Crippen LogP contribution < -0.4 is 0 Å². The molecule has 5 heteroatoms. The minimum Gasteiger partial charge on any atom is -0.295 e. The van der Waals surface area contributed by atoms with Crippen molar-refractivity contribution in [3.8, 4) is 11.4 Å². The highest BCUT2D eigenvalue weighted by Gasteiger charge is 2.08. The molecule has 0 fully saturated rings. The Kier molecular flexibility index (Phi) is 3.48. The van der Waals surface area contributed by atoms with Crippen LogP contribution >= 0.6 is 11.6 Å². The number of nitrogens with zero attached hydrogens (tertiary/aromatic N) is 2. The van der Waals surface area contributed by atoms with Gasteiger partial charge in [0.2, 0.25) is 0 Å². The van der Waals surface area contributed by atoms with Gasteiger partial charge in [0.25, 0.3) is 5.24 Å². The standard InChI is InChI=1S/C13H9ClN2O2/c1-8(17)9-2-4-15-11(6-9)12-7-10(13(14)18)3-5-16-12/h2-7H,1H3. The molecule has 0 aliphatic carbocycles. The third-order valence-electron chi connectivity index (χ3n) is 2.42. The molecular formula is C13H9ClN2O2. The lowest BCUT2D eigenvalue weighted by Crippen LogP contribution is -1.96. The Morgan fingerprint density at radius 3 is 2.00 bits per heavy atom. The maximum absolute atomic E-state index is 11.3. The van der Waals surface area contributed by atoms with Crippen molar-refractivity contribution < 1.29 is 9.59 Å². The van der Waals surface area contributed by atoms with E-state index in [0.717, 1.165) is 0 Å². The van der Waals surface area contributed by atoms with E-state index < -0.39 is 5.24 Å². The smallest absolute Gasteiger partial charge is 0.252 e. The van der Waals surface area contributed by atoms with Gasteiger partial charge in [-0.2, -0.15) is 0 Å². The molecule has 2 aromatic heterocycles. The number of carbonyl (C=O) groups excluding carboxylic acids is 2. The summed E-state index contributed by atoms with van der Waals surface area (Å²) in [6, 6.07) is 6.32. The Labute approximate surface area is 109 Å². The topological polar surface area (TPSA) is 59.9 Å². The molecule has 2 aromatic rings. The zero-order chi connectivity index (χ0) is 13.1. The number of Topliss-reactive ketones (excluding diaryl/α,β-unsaturated/α-hetero) is 1. The second-order valence-electron chi connectivity index (χ2n) is 3.69. The van der Waals surface area contributed by atoms with Crippen molar-refractivity contribution in [3.05, 3.63) is 47.8 Å². The molecule has 90 valence electrons. The van der Waals surface area contributed by atoms with Crippen LogP contribution in [0.3, 0.4) is 0 Å². The lowest BCUT2D eigenvalue weighted by molar-refractivity contribution is 0.101. The zero-order valence-electron chi connectivity index (χ0n) is 9.55.